The number of anilines is 1. The van der Waals surface area contributed by atoms with Crippen molar-refractivity contribution in [2.45, 2.75) is 57.4 Å². The van der Waals surface area contributed by atoms with Gasteiger partial charge in [0.1, 0.15) is 0 Å². The van der Waals surface area contributed by atoms with E-state index in [2.05, 4.69) is 10.6 Å². The smallest absolute Gasteiger partial charge is 0.227 e. The number of carbonyl (C=O) groups is 2. The van der Waals surface area contributed by atoms with Crippen LogP contribution < -0.4 is 10.6 Å². The average molecular weight is 300 g/mol. The minimum atomic E-state index is 0.0847. The molecule has 0 radical (unpaired) electrons. The Morgan fingerprint density at radius 1 is 0.955 bits per heavy atom. The molecular weight excluding hydrogens is 276 g/mol. The molecule has 22 heavy (non-hydrogen) atoms. The van der Waals surface area contributed by atoms with Gasteiger partial charge in [-0.2, -0.15) is 0 Å². The summed E-state index contributed by atoms with van der Waals surface area (Å²) in [4.78, 5) is 23.9. The summed E-state index contributed by atoms with van der Waals surface area (Å²) < 4.78 is 0. The monoisotopic (exact) mass is 300 g/mol. The van der Waals surface area contributed by atoms with Crippen LogP contribution in [0.2, 0.25) is 0 Å². The first-order chi connectivity index (χ1) is 10.7. The topological polar surface area (TPSA) is 58.2 Å². The number of nitrogens with one attached hydrogen (secondary N) is 2. The molecule has 2 aliphatic rings. The largest absolute Gasteiger partial charge is 0.353 e. The van der Waals surface area contributed by atoms with Gasteiger partial charge in [0.05, 0.1) is 6.42 Å². The van der Waals surface area contributed by atoms with Crippen LogP contribution in [0.5, 0.6) is 0 Å². The molecule has 0 aliphatic heterocycles. The molecule has 4 nitrogen and oxygen atoms in total. The Balaban J connectivity index is 1.49. The summed E-state index contributed by atoms with van der Waals surface area (Å²) in [6.07, 6.45) is 8.21. The first-order valence-corrected chi connectivity index (χ1v) is 8.40. The molecule has 2 N–H and O–H groups in total. The quantitative estimate of drug-likeness (QED) is 0.878. The van der Waals surface area contributed by atoms with Crippen molar-refractivity contribution in [1.82, 2.24) is 5.32 Å². The zero-order chi connectivity index (χ0) is 15.4. The SMILES string of the molecule is O=C(Cc1ccc(NC(=O)C2CCCCC2)cc1)NC1CC1. The Hall–Kier alpha value is -1.84. The maximum atomic E-state index is 12.2. The van der Waals surface area contributed by atoms with Gasteiger partial charge in [0.25, 0.3) is 0 Å². The summed E-state index contributed by atoms with van der Waals surface area (Å²) in [6.45, 7) is 0. The van der Waals surface area contributed by atoms with Gasteiger partial charge in [-0.25, -0.2) is 0 Å². The van der Waals surface area contributed by atoms with Crippen LogP contribution in [0.1, 0.15) is 50.5 Å². The van der Waals surface area contributed by atoms with Gasteiger partial charge < -0.3 is 10.6 Å². The second kappa shape index (κ2) is 6.95. The normalized spacial score (nSPS) is 18.7. The van der Waals surface area contributed by atoms with E-state index in [1.807, 2.05) is 24.3 Å². The van der Waals surface area contributed by atoms with Crippen molar-refractivity contribution < 1.29 is 9.59 Å². The van der Waals surface area contributed by atoms with Crippen LogP contribution in [0.3, 0.4) is 0 Å². The molecule has 1 aromatic carbocycles. The molecule has 118 valence electrons. The van der Waals surface area contributed by atoms with Crippen molar-refractivity contribution in [3.63, 3.8) is 0 Å². The lowest BCUT2D eigenvalue weighted by Gasteiger charge is -2.20. The van der Waals surface area contributed by atoms with Gasteiger partial charge in [0, 0.05) is 17.6 Å². The van der Waals surface area contributed by atoms with E-state index in [9.17, 15) is 9.59 Å². The third kappa shape index (κ3) is 4.33. The van der Waals surface area contributed by atoms with Gasteiger partial charge in [-0.3, -0.25) is 9.59 Å². The van der Waals surface area contributed by atoms with Gasteiger partial charge in [-0.15, -0.1) is 0 Å². The Labute approximate surface area is 131 Å². The molecule has 0 saturated heterocycles. The van der Waals surface area contributed by atoms with Crippen LogP contribution in [0, 0.1) is 5.92 Å². The van der Waals surface area contributed by atoms with Crippen LogP contribution >= 0.6 is 0 Å². The zero-order valence-electron chi connectivity index (χ0n) is 12.9. The van der Waals surface area contributed by atoms with Crippen molar-refractivity contribution in [1.29, 1.82) is 0 Å². The number of benzene rings is 1. The van der Waals surface area contributed by atoms with Crippen molar-refractivity contribution in [2.75, 3.05) is 5.32 Å². The van der Waals surface area contributed by atoms with Crippen LogP contribution in [-0.4, -0.2) is 17.9 Å². The molecule has 2 aliphatic carbocycles. The summed E-state index contributed by atoms with van der Waals surface area (Å²) in [7, 11) is 0. The summed E-state index contributed by atoms with van der Waals surface area (Å²) >= 11 is 0. The standard InChI is InChI=1S/C18H24N2O2/c21-17(19-15-10-11-15)12-13-6-8-16(9-7-13)20-18(22)14-4-2-1-3-5-14/h6-9,14-15H,1-5,10-12H2,(H,19,21)(H,20,22). The molecule has 2 saturated carbocycles. The van der Waals surface area contributed by atoms with Crippen LogP contribution in [0.25, 0.3) is 0 Å². The van der Waals surface area contributed by atoms with Gasteiger partial charge in [-0.1, -0.05) is 31.4 Å². The molecule has 0 bridgehead atoms. The fourth-order valence-corrected chi connectivity index (χ4v) is 3.01. The van der Waals surface area contributed by atoms with Crippen molar-refractivity contribution in [3.05, 3.63) is 29.8 Å². The van der Waals surface area contributed by atoms with Gasteiger partial charge in [-0.05, 0) is 43.4 Å². The highest BCUT2D eigenvalue weighted by atomic mass is 16.2. The van der Waals surface area contributed by atoms with E-state index < -0.39 is 0 Å². The fourth-order valence-electron chi connectivity index (χ4n) is 3.01. The van der Waals surface area contributed by atoms with Crippen LogP contribution in [-0.2, 0) is 16.0 Å². The molecule has 2 fully saturated rings. The summed E-state index contributed by atoms with van der Waals surface area (Å²) in [6, 6.07) is 8.02. The van der Waals surface area contributed by atoms with Crippen LogP contribution in [0.15, 0.2) is 24.3 Å². The number of hydrogen-bond donors (Lipinski definition) is 2. The lowest BCUT2D eigenvalue weighted by Crippen LogP contribution is -2.27. The first-order valence-electron chi connectivity index (χ1n) is 8.40. The lowest BCUT2D eigenvalue weighted by atomic mass is 9.88. The third-order valence-corrected chi connectivity index (χ3v) is 4.50. The van der Waals surface area contributed by atoms with Crippen molar-refractivity contribution >= 4 is 17.5 Å². The second-order valence-electron chi connectivity index (χ2n) is 6.54. The number of rotatable bonds is 5. The van der Waals surface area contributed by atoms with Crippen molar-refractivity contribution in [3.8, 4) is 0 Å². The Bertz CT molecular complexity index is 529. The molecule has 0 unspecified atom stereocenters. The number of carbonyl (C=O) groups excluding carboxylic acids is 2. The van der Waals surface area contributed by atoms with Gasteiger partial charge >= 0.3 is 0 Å². The van der Waals surface area contributed by atoms with E-state index in [4.69, 9.17) is 0 Å². The van der Waals surface area contributed by atoms with E-state index in [0.29, 0.717) is 12.5 Å². The summed E-state index contributed by atoms with van der Waals surface area (Å²) in [5.74, 6) is 0.387. The molecule has 0 spiro atoms. The third-order valence-electron chi connectivity index (χ3n) is 4.50. The molecule has 0 atom stereocenters. The second-order valence-corrected chi connectivity index (χ2v) is 6.54. The van der Waals surface area contributed by atoms with E-state index in [1.165, 1.54) is 6.42 Å². The molecule has 0 aromatic heterocycles. The molecule has 4 heteroatoms. The Morgan fingerprint density at radius 3 is 2.27 bits per heavy atom. The predicted octanol–water partition coefficient (Wildman–Crippen LogP) is 3.03. The summed E-state index contributed by atoms with van der Waals surface area (Å²) in [5, 5.41) is 5.98. The van der Waals surface area contributed by atoms with E-state index in [0.717, 1.165) is 49.8 Å². The van der Waals surface area contributed by atoms with Crippen LogP contribution in [0.4, 0.5) is 5.69 Å². The minimum Gasteiger partial charge on any atom is -0.353 e. The molecular formula is C18H24N2O2. The Kier molecular flexibility index (Phi) is 4.76. The van der Waals surface area contributed by atoms with E-state index >= 15 is 0 Å². The van der Waals surface area contributed by atoms with E-state index in [-0.39, 0.29) is 17.7 Å². The fraction of sp³-hybridized carbons (Fsp3) is 0.556. The van der Waals surface area contributed by atoms with Gasteiger partial charge in [0.15, 0.2) is 0 Å². The summed E-state index contributed by atoms with van der Waals surface area (Å²) in [5.41, 5.74) is 1.80. The van der Waals surface area contributed by atoms with Crippen molar-refractivity contribution in [2.24, 2.45) is 5.92 Å². The average Bonchev–Trinajstić information content (AvgIpc) is 3.34. The predicted molar refractivity (Wildman–Crippen MR) is 86.5 cm³/mol. The zero-order valence-corrected chi connectivity index (χ0v) is 12.9. The van der Waals surface area contributed by atoms with Gasteiger partial charge in [0.2, 0.25) is 11.8 Å². The molecule has 3 rings (SSSR count). The maximum absolute atomic E-state index is 12.2. The molecule has 1 aromatic rings. The maximum Gasteiger partial charge on any atom is 0.227 e. The first kappa shape index (κ1) is 15.1. The molecule has 0 heterocycles. The molecule has 2 amide bonds. The van der Waals surface area contributed by atoms with E-state index in [1.54, 1.807) is 0 Å². The Morgan fingerprint density at radius 2 is 1.64 bits per heavy atom. The number of amides is 2. The minimum absolute atomic E-state index is 0.0847. The lowest BCUT2D eigenvalue weighted by molar-refractivity contribution is -0.121. The highest BCUT2D eigenvalue weighted by Crippen LogP contribution is 2.25. The number of hydrogen-bond acceptors (Lipinski definition) is 2. The highest BCUT2D eigenvalue weighted by molar-refractivity contribution is 5.92. The highest BCUT2D eigenvalue weighted by Gasteiger charge is 2.23.